The molecular weight excluding hydrogens is 362 g/mol. The Morgan fingerprint density at radius 1 is 1.15 bits per heavy atom. The van der Waals surface area contributed by atoms with E-state index in [0.29, 0.717) is 5.28 Å². The number of benzene rings is 1. The maximum absolute atomic E-state index is 6.28. The Morgan fingerprint density at radius 3 is 2.50 bits per heavy atom. The summed E-state index contributed by atoms with van der Waals surface area (Å²) in [5, 5.41) is 1.51. The topological polar surface area (TPSA) is 29.0 Å². The summed E-state index contributed by atoms with van der Waals surface area (Å²) in [6.45, 7) is 8.76. The van der Waals surface area contributed by atoms with Gasteiger partial charge in [0, 0.05) is 23.5 Å². The molecular formula is C21H24ClN3S. The van der Waals surface area contributed by atoms with E-state index in [4.69, 9.17) is 11.6 Å². The first kappa shape index (κ1) is 17.7. The molecule has 1 aromatic carbocycles. The third-order valence-electron chi connectivity index (χ3n) is 5.42. The number of halogens is 1. The van der Waals surface area contributed by atoms with Crippen LogP contribution in [0.5, 0.6) is 0 Å². The number of nitrogens with zero attached hydrogens (tertiary/aromatic N) is 3. The lowest BCUT2D eigenvalue weighted by Crippen LogP contribution is -2.33. The molecule has 0 N–H and O–H groups in total. The normalized spacial score (nSPS) is 15.8. The van der Waals surface area contributed by atoms with Gasteiger partial charge in [0.2, 0.25) is 5.28 Å². The highest BCUT2D eigenvalue weighted by atomic mass is 35.5. The van der Waals surface area contributed by atoms with Gasteiger partial charge >= 0.3 is 0 Å². The predicted octanol–water partition coefficient (Wildman–Crippen LogP) is 6.12. The van der Waals surface area contributed by atoms with E-state index in [1.54, 1.807) is 11.3 Å². The van der Waals surface area contributed by atoms with Crippen molar-refractivity contribution in [3.8, 4) is 11.1 Å². The van der Waals surface area contributed by atoms with Crippen LogP contribution in [0.2, 0.25) is 5.28 Å². The predicted molar refractivity (Wildman–Crippen MR) is 113 cm³/mol. The van der Waals surface area contributed by atoms with Crippen LogP contribution in [0.25, 0.3) is 21.3 Å². The van der Waals surface area contributed by atoms with Crippen molar-refractivity contribution in [2.45, 2.75) is 40.0 Å². The summed E-state index contributed by atoms with van der Waals surface area (Å²) in [4.78, 5) is 13.9. The van der Waals surface area contributed by atoms with Crippen LogP contribution < -0.4 is 4.90 Å². The smallest absolute Gasteiger partial charge is 0.225 e. The highest BCUT2D eigenvalue weighted by molar-refractivity contribution is 7.19. The molecule has 3 nitrogen and oxygen atoms in total. The number of rotatable bonds is 3. The Hall–Kier alpha value is -1.65. The van der Waals surface area contributed by atoms with Crippen molar-refractivity contribution >= 4 is 39.0 Å². The largest absolute Gasteiger partial charge is 0.356 e. The number of hydrogen-bond donors (Lipinski definition) is 0. The van der Waals surface area contributed by atoms with Gasteiger partial charge in [0.15, 0.2) is 0 Å². The van der Waals surface area contributed by atoms with Gasteiger partial charge in [-0.3, -0.25) is 0 Å². The summed E-state index contributed by atoms with van der Waals surface area (Å²) in [6.07, 6.45) is 3.46. The molecule has 2 aromatic heterocycles. The number of fused-ring (bicyclic) bond motifs is 1. The molecule has 0 amide bonds. The molecule has 0 radical (unpaired) electrons. The van der Waals surface area contributed by atoms with Crippen molar-refractivity contribution in [3.63, 3.8) is 0 Å². The lowest BCUT2D eigenvalue weighted by Gasteiger charge is -2.31. The first-order chi connectivity index (χ1) is 12.6. The van der Waals surface area contributed by atoms with Crippen LogP contribution in [0.15, 0.2) is 24.3 Å². The average molecular weight is 386 g/mol. The van der Waals surface area contributed by atoms with Crippen LogP contribution in [0, 0.1) is 12.8 Å². The molecule has 0 atom stereocenters. The van der Waals surface area contributed by atoms with Gasteiger partial charge in [0.1, 0.15) is 10.6 Å². The molecule has 1 aliphatic heterocycles. The highest BCUT2D eigenvalue weighted by Crippen LogP contribution is 2.43. The molecule has 0 bridgehead atoms. The van der Waals surface area contributed by atoms with Gasteiger partial charge < -0.3 is 4.90 Å². The summed E-state index contributed by atoms with van der Waals surface area (Å²) >= 11 is 7.99. The van der Waals surface area contributed by atoms with Gasteiger partial charge in [-0.1, -0.05) is 38.1 Å². The number of hydrogen-bond acceptors (Lipinski definition) is 4. The minimum absolute atomic E-state index is 0.347. The third-order valence-corrected chi connectivity index (χ3v) is 6.58. The van der Waals surface area contributed by atoms with Crippen LogP contribution in [0.4, 0.5) is 5.82 Å². The quantitative estimate of drug-likeness (QED) is 0.508. The summed E-state index contributed by atoms with van der Waals surface area (Å²) in [7, 11) is 0. The van der Waals surface area contributed by atoms with Crippen LogP contribution in [-0.2, 0) is 6.42 Å². The molecule has 4 rings (SSSR count). The number of anilines is 1. The maximum Gasteiger partial charge on any atom is 0.225 e. The lowest BCUT2D eigenvalue weighted by molar-refractivity contribution is 0.437. The first-order valence-corrected chi connectivity index (χ1v) is 10.6. The zero-order chi connectivity index (χ0) is 18.3. The third kappa shape index (κ3) is 3.21. The van der Waals surface area contributed by atoms with Gasteiger partial charge in [-0.15, -0.1) is 11.3 Å². The molecule has 1 saturated heterocycles. The lowest BCUT2D eigenvalue weighted by atomic mass is 9.98. The molecule has 0 aliphatic carbocycles. The fourth-order valence-electron chi connectivity index (χ4n) is 3.77. The zero-order valence-electron chi connectivity index (χ0n) is 15.6. The molecule has 1 aliphatic rings. The van der Waals surface area contributed by atoms with Crippen molar-refractivity contribution in [1.82, 2.24) is 9.97 Å². The minimum atomic E-state index is 0.347. The van der Waals surface area contributed by atoms with E-state index in [1.807, 2.05) is 0 Å². The van der Waals surface area contributed by atoms with Gasteiger partial charge in [0.05, 0.1) is 5.39 Å². The summed E-state index contributed by atoms with van der Waals surface area (Å²) in [6, 6.07) is 8.89. The second kappa shape index (κ2) is 7.16. The molecule has 0 unspecified atom stereocenters. The SMILES string of the molecule is CCc1ccc(-c2c(C)sc3nc(Cl)nc(N4CCC(C)CC4)c23)cc1. The van der Waals surface area contributed by atoms with Crippen molar-refractivity contribution in [2.75, 3.05) is 18.0 Å². The Balaban J connectivity index is 1.88. The molecule has 5 heteroatoms. The monoisotopic (exact) mass is 385 g/mol. The molecule has 0 spiro atoms. The van der Waals surface area contributed by atoms with Gasteiger partial charge in [-0.2, -0.15) is 4.98 Å². The van der Waals surface area contributed by atoms with Crippen LogP contribution >= 0.6 is 22.9 Å². The van der Waals surface area contributed by atoms with E-state index in [1.165, 1.54) is 34.4 Å². The van der Waals surface area contributed by atoms with Crippen LogP contribution in [0.1, 0.15) is 37.1 Å². The summed E-state index contributed by atoms with van der Waals surface area (Å²) in [5.41, 5.74) is 3.86. The molecule has 3 heterocycles. The minimum Gasteiger partial charge on any atom is -0.356 e. The molecule has 3 aromatic rings. The van der Waals surface area contributed by atoms with E-state index in [-0.39, 0.29) is 0 Å². The number of aromatic nitrogens is 2. The van der Waals surface area contributed by atoms with Crippen LogP contribution in [0.3, 0.4) is 0 Å². The number of thiophene rings is 1. The van der Waals surface area contributed by atoms with Crippen LogP contribution in [-0.4, -0.2) is 23.1 Å². The standard InChI is InChI=1S/C21H24ClN3S/c1-4-15-5-7-16(8-6-15)17-14(3)26-20-18(17)19(23-21(22)24-20)25-11-9-13(2)10-12-25/h5-8,13H,4,9-12H2,1-3H3. The van der Waals surface area contributed by atoms with Gasteiger partial charge in [-0.25, -0.2) is 4.98 Å². The Kier molecular flexibility index (Phi) is 4.89. The Bertz CT molecular complexity index is 925. The van der Waals surface area contributed by atoms with Gasteiger partial charge in [0.25, 0.3) is 0 Å². The number of aryl methyl sites for hydroxylation is 2. The zero-order valence-corrected chi connectivity index (χ0v) is 17.1. The maximum atomic E-state index is 6.28. The van der Waals surface area contributed by atoms with E-state index in [2.05, 4.69) is 59.9 Å². The second-order valence-corrected chi connectivity index (χ2v) is 8.79. The highest BCUT2D eigenvalue weighted by Gasteiger charge is 2.24. The fraction of sp³-hybridized carbons (Fsp3) is 0.429. The Labute approximate surface area is 164 Å². The molecule has 136 valence electrons. The second-order valence-electron chi connectivity index (χ2n) is 7.25. The molecule has 0 saturated carbocycles. The van der Waals surface area contributed by atoms with E-state index in [9.17, 15) is 0 Å². The van der Waals surface area contributed by atoms with E-state index >= 15 is 0 Å². The summed E-state index contributed by atoms with van der Waals surface area (Å²) < 4.78 is 0. The number of piperidine rings is 1. The Morgan fingerprint density at radius 2 is 1.85 bits per heavy atom. The summed E-state index contributed by atoms with van der Waals surface area (Å²) in [5.74, 6) is 1.79. The van der Waals surface area contributed by atoms with E-state index < -0.39 is 0 Å². The van der Waals surface area contributed by atoms with E-state index in [0.717, 1.165) is 41.5 Å². The molecule has 1 fully saturated rings. The molecule has 26 heavy (non-hydrogen) atoms. The first-order valence-electron chi connectivity index (χ1n) is 9.37. The average Bonchev–Trinajstić information content (AvgIpc) is 2.97. The fourth-order valence-corrected chi connectivity index (χ4v) is 5.03. The van der Waals surface area contributed by atoms with Gasteiger partial charge in [-0.05, 0) is 54.8 Å². The van der Waals surface area contributed by atoms with Crippen molar-refractivity contribution in [2.24, 2.45) is 5.92 Å². The van der Waals surface area contributed by atoms with Crippen molar-refractivity contribution in [1.29, 1.82) is 0 Å². The van der Waals surface area contributed by atoms with Crippen molar-refractivity contribution in [3.05, 3.63) is 40.0 Å². The van der Waals surface area contributed by atoms with Crippen molar-refractivity contribution < 1.29 is 0 Å².